The SMILES string of the molecule is Fc1cncc(NC2CSC2)c1. The standard InChI is InChI=1S/C8H9FN2S/c9-6-1-7(3-10-2-6)11-8-4-12-5-8/h1-3,8,11H,4-5H2. The van der Waals surface area contributed by atoms with Crippen LogP contribution in [0.4, 0.5) is 10.1 Å². The lowest BCUT2D eigenvalue weighted by Gasteiger charge is -2.26. The van der Waals surface area contributed by atoms with Crippen LogP contribution in [0.1, 0.15) is 0 Å². The molecule has 1 N–H and O–H groups in total. The lowest BCUT2D eigenvalue weighted by Crippen LogP contribution is -2.33. The van der Waals surface area contributed by atoms with E-state index in [4.69, 9.17) is 0 Å². The minimum absolute atomic E-state index is 0.285. The molecule has 2 nitrogen and oxygen atoms in total. The van der Waals surface area contributed by atoms with Crippen molar-refractivity contribution in [2.75, 3.05) is 16.8 Å². The number of thioether (sulfide) groups is 1. The van der Waals surface area contributed by atoms with Crippen molar-refractivity contribution in [1.29, 1.82) is 0 Å². The van der Waals surface area contributed by atoms with Gasteiger partial charge in [0.15, 0.2) is 0 Å². The zero-order valence-electron chi connectivity index (χ0n) is 6.46. The van der Waals surface area contributed by atoms with Gasteiger partial charge in [0, 0.05) is 23.6 Å². The second kappa shape index (κ2) is 3.31. The maximum absolute atomic E-state index is 12.6. The molecular formula is C8H9FN2S. The highest BCUT2D eigenvalue weighted by atomic mass is 32.2. The lowest BCUT2D eigenvalue weighted by atomic mass is 10.3. The van der Waals surface area contributed by atoms with E-state index in [1.807, 2.05) is 11.8 Å². The highest BCUT2D eigenvalue weighted by Gasteiger charge is 2.17. The van der Waals surface area contributed by atoms with Gasteiger partial charge in [-0.3, -0.25) is 4.98 Å². The summed E-state index contributed by atoms with van der Waals surface area (Å²) in [5.41, 5.74) is 0.778. The number of pyridine rings is 1. The molecular weight excluding hydrogens is 175 g/mol. The first-order valence-corrected chi connectivity index (χ1v) is 4.95. The monoisotopic (exact) mass is 184 g/mol. The van der Waals surface area contributed by atoms with Gasteiger partial charge in [0.2, 0.25) is 0 Å². The van der Waals surface area contributed by atoms with Crippen LogP contribution in [0.25, 0.3) is 0 Å². The summed E-state index contributed by atoms with van der Waals surface area (Å²) in [5.74, 6) is 1.93. The molecule has 2 rings (SSSR count). The summed E-state index contributed by atoms with van der Waals surface area (Å²) in [6, 6.07) is 1.97. The van der Waals surface area contributed by atoms with Crippen molar-refractivity contribution < 1.29 is 4.39 Å². The van der Waals surface area contributed by atoms with Crippen LogP contribution in [-0.2, 0) is 0 Å². The van der Waals surface area contributed by atoms with E-state index in [2.05, 4.69) is 10.3 Å². The zero-order chi connectivity index (χ0) is 8.39. The average molecular weight is 184 g/mol. The number of hydrogen-bond donors (Lipinski definition) is 1. The maximum atomic E-state index is 12.6. The highest BCUT2D eigenvalue weighted by molar-refractivity contribution is 8.00. The number of anilines is 1. The van der Waals surface area contributed by atoms with E-state index in [1.165, 1.54) is 12.3 Å². The van der Waals surface area contributed by atoms with E-state index in [-0.39, 0.29) is 5.82 Å². The van der Waals surface area contributed by atoms with E-state index in [0.29, 0.717) is 6.04 Å². The predicted octanol–water partition coefficient (Wildman–Crippen LogP) is 1.75. The molecule has 0 saturated carbocycles. The second-order valence-electron chi connectivity index (χ2n) is 2.77. The summed E-state index contributed by atoms with van der Waals surface area (Å²) in [4.78, 5) is 3.75. The van der Waals surface area contributed by atoms with Gasteiger partial charge in [-0.25, -0.2) is 4.39 Å². The minimum atomic E-state index is -0.285. The molecule has 0 radical (unpaired) electrons. The van der Waals surface area contributed by atoms with Gasteiger partial charge in [-0.1, -0.05) is 0 Å². The fourth-order valence-corrected chi connectivity index (χ4v) is 1.68. The van der Waals surface area contributed by atoms with Crippen LogP contribution in [0.3, 0.4) is 0 Å². The van der Waals surface area contributed by atoms with Crippen molar-refractivity contribution >= 4 is 17.4 Å². The van der Waals surface area contributed by atoms with Gasteiger partial charge in [-0.05, 0) is 0 Å². The van der Waals surface area contributed by atoms with Crippen molar-refractivity contribution in [2.45, 2.75) is 6.04 Å². The molecule has 1 fully saturated rings. The maximum Gasteiger partial charge on any atom is 0.143 e. The molecule has 1 saturated heterocycles. The topological polar surface area (TPSA) is 24.9 Å². The molecule has 0 aromatic carbocycles. The first-order chi connectivity index (χ1) is 5.84. The van der Waals surface area contributed by atoms with E-state index in [9.17, 15) is 4.39 Å². The van der Waals surface area contributed by atoms with Crippen molar-refractivity contribution in [1.82, 2.24) is 4.98 Å². The van der Waals surface area contributed by atoms with Crippen LogP contribution in [-0.4, -0.2) is 22.5 Å². The first kappa shape index (κ1) is 7.86. The third-order valence-electron chi connectivity index (χ3n) is 1.71. The van der Waals surface area contributed by atoms with E-state index < -0.39 is 0 Å². The molecule has 1 aliphatic rings. The number of nitrogens with zero attached hydrogens (tertiary/aromatic N) is 1. The Labute approximate surface area is 74.6 Å². The molecule has 0 unspecified atom stereocenters. The molecule has 1 aliphatic heterocycles. The highest BCUT2D eigenvalue weighted by Crippen LogP contribution is 2.21. The van der Waals surface area contributed by atoms with Gasteiger partial charge in [-0.2, -0.15) is 11.8 Å². The number of hydrogen-bond acceptors (Lipinski definition) is 3. The molecule has 0 amide bonds. The molecule has 2 heterocycles. The van der Waals surface area contributed by atoms with Gasteiger partial charge >= 0.3 is 0 Å². The van der Waals surface area contributed by atoms with Gasteiger partial charge in [0.05, 0.1) is 18.1 Å². The number of rotatable bonds is 2. The number of nitrogens with one attached hydrogen (secondary N) is 1. The molecule has 0 spiro atoms. The zero-order valence-corrected chi connectivity index (χ0v) is 7.27. The first-order valence-electron chi connectivity index (χ1n) is 3.79. The third kappa shape index (κ3) is 1.69. The lowest BCUT2D eigenvalue weighted by molar-refractivity contribution is 0.621. The molecule has 12 heavy (non-hydrogen) atoms. The number of aromatic nitrogens is 1. The van der Waals surface area contributed by atoms with E-state index in [1.54, 1.807) is 6.20 Å². The quantitative estimate of drug-likeness (QED) is 0.758. The fraction of sp³-hybridized carbons (Fsp3) is 0.375. The smallest absolute Gasteiger partial charge is 0.143 e. The second-order valence-corrected chi connectivity index (χ2v) is 3.85. The van der Waals surface area contributed by atoms with Gasteiger partial charge < -0.3 is 5.32 Å². The van der Waals surface area contributed by atoms with Crippen LogP contribution in [0.15, 0.2) is 18.5 Å². The Hall–Kier alpha value is -0.770. The molecule has 0 atom stereocenters. The Balaban J connectivity index is 2.02. The summed E-state index contributed by atoms with van der Waals surface area (Å²) in [5, 5.41) is 3.20. The van der Waals surface area contributed by atoms with Crippen LogP contribution < -0.4 is 5.32 Å². The Kier molecular flexibility index (Phi) is 2.17. The predicted molar refractivity (Wildman–Crippen MR) is 48.9 cm³/mol. The van der Waals surface area contributed by atoms with Crippen molar-refractivity contribution in [3.05, 3.63) is 24.3 Å². The minimum Gasteiger partial charge on any atom is -0.379 e. The fourth-order valence-electron chi connectivity index (χ4n) is 1.05. The van der Waals surface area contributed by atoms with Crippen molar-refractivity contribution in [3.63, 3.8) is 0 Å². The largest absolute Gasteiger partial charge is 0.379 e. The summed E-state index contributed by atoms with van der Waals surface area (Å²) < 4.78 is 12.6. The summed E-state index contributed by atoms with van der Waals surface area (Å²) in [6.45, 7) is 0. The molecule has 4 heteroatoms. The molecule has 1 aromatic rings. The Bertz CT molecular complexity index is 276. The summed E-state index contributed by atoms with van der Waals surface area (Å²) >= 11 is 1.89. The third-order valence-corrected chi connectivity index (χ3v) is 2.99. The van der Waals surface area contributed by atoms with Gasteiger partial charge in [0.1, 0.15) is 5.82 Å². The van der Waals surface area contributed by atoms with Crippen LogP contribution in [0.5, 0.6) is 0 Å². The van der Waals surface area contributed by atoms with Crippen LogP contribution in [0.2, 0.25) is 0 Å². The molecule has 0 bridgehead atoms. The van der Waals surface area contributed by atoms with Crippen LogP contribution >= 0.6 is 11.8 Å². The average Bonchev–Trinajstić information content (AvgIpc) is 1.97. The normalized spacial score (nSPS) is 17.1. The van der Waals surface area contributed by atoms with Gasteiger partial charge in [-0.15, -0.1) is 0 Å². The number of halogens is 1. The van der Waals surface area contributed by atoms with Crippen molar-refractivity contribution in [2.24, 2.45) is 0 Å². The van der Waals surface area contributed by atoms with E-state index in [0.717, 1.165) is 17.2 Å². The van der Waals surface area contributed by atoms with Crippen molar-refractivity contribution in [3.8, 4) is 0 Å². The Morgan fingerprint density at radius 2 is 2.33 bits per heavy atom. The Morgan fingerprint density at radius 3 is 2.92 bits per heavy atom. The molecule has 64 valence electrons. The van der Waals surface area contributed by atoms with E-state index >= 15 is 0 Å². The summed E-state index contributed by atoms with van der Waals surface area (Å²) in [7, 11) is 0. The summed E-state index contributed by atoms with van der Waals surface area (Å²) in [6.07, 6.45) is 2.85. The molecule has 1 aromatic heterocycles. The molecule has 0 aliphatic carbocycles. The van der Waals surface area contributed by atoms with Crippen LogP contribution in [0, 0.1) is 5.82 Å². The van der Waals surface area contributed by atoms with Gasteiger partial charge in [0.25, 0.3) is 0 Å². The Morgan fingerprint density at radius 1 is 1.50 bits per heavy atom.